The van der Waals surface area contributed by atoms with Gasteiger partial charge in [-0.1, -0.05) is 29.8 Å². The molecule has 2 aliphatic heterocycles. The van der Waals surface area contributed by atoms with Crippen molar-refractivity contribution in [1.82, 2.24) is 19.4 Å². The van der Waals surface area contributed by atoms with Gasteiger partial charge in [0.25, 0.3) is 0 Å². The average molecular weight is 547 g/mol. The summed E-state index contributed by atoms with van der Waals surface area (Å²) in [5, 5.41) is 0.353. The lowest BCUT2D eigenvalue weighted by atomic mass is 10.0. The van der Waals surface area contributed by atoms with Crippen LogP contribution in [-0.2, 0) is 24.4 Å². The fourth-order valence-corrected chi connectivity index (χ4v) is 5.13. The summed E-state index contributed by atoms with van der Waals surface area (Å²) in [6.07, 6.45) is 5.12. The summed E-state index contributed by atoms with van der Waals surface area (Å²) in [6.45, 7) is 3.93. The van der Waals surface area contributed by atoms with Gasteiger partial charge in [0.1, 0.15) is 24.5 Å². The molecule has 7 nitrogen and oxygen atoms in total. The third-order valence-corrected chi connectivity index (χ3v) is 7.50. The highest BCUT2D eigenvalue weighted by molar-refractivity contribution is 6.30. The number of rotatable bonds is 9. The quantitative estimate of drug-likeness (QED) is 0.251. The van der Waals surface area contributed by atoms with Gasteiger partial charge in [-0.05, 0) is 54.8 Å². The lowest BCUT2D eigenvalue weighted by Crippen LogP contribution is -2.33. The first kappa shape index (κ1) is 25.7. The van der Waals surface area contributed by atoms with E-state index in [0.29, 0.717) is 28.6 Å². The first-order valence-electron chi connectivity index (χ1n) is 13.1. The zero-order chi connectivity index (χ0) is 26.8. The van der Waals surface area contributed by atoms with Crippen molar-refractivity contribution >= 4 is 34.5 Å². The Hall–Kier alpha value is -3.59. The average Bonchev–Trinajstić information content (AvgIpc) is 3.26. The van der Waals surface area contributed by atoms with Gasteiger partial charge >= 0.3 is 0 Å². The van der Waals surface area contributed by atoms with Crippen molar-refractivity contribution in [2.45, 2.75) is 38.6 Å². The summed E-state index contributed by atoms with van der Waals surface area (Å²) in [5.74, 6) is 1.03. The molecule has 0 saturated carbocycles. The third kappa shape index (κ3) is 5.73. The molecule has 6 rings (SSSR count). The van der Waals surface area contributed by atoms with E-state index in [1.807, 2.05) is 30.3 Å². The van der Waals surface area contributed by atoms with E-state index >= 15 is 0 Å². The van der Waals surface area contributed by atoms with Crippen LogP contribution in [0.25, 0.3) is 16.6 Å². The second-order valence-corrected chi connectivity index (χ2v) is 10.3. The van der Waals surface area contributed by atoms with E-state index in [-0.39, 0.29) is 12.7 Å². The summed E-state index contributed by atoms with van der Waals surface area (Å²) < 4.78 is 27.8. The van der Waals surface area contributed by atoms with Crippen LogP contribution in [0.15, 0.2) is 60.7 Å². The zero-order valence-corrected chi connectivity index (χ0v) is 22.1. The Kier molecular flexibility index (Phi) is 7.41. The number of fused-ring (bicyclic) bond motifs is 1. The van der Waals surface area contributed by atoms with Crippen molar-refractivity contribution in [2.24, 2.45) is 0 Å². The maximum atomic E-state index is 14.1. The van der Waals surface area contributed by atoms with Crippen molar-refractivity contribution in [3.8, 4) is 5.88 Å². The summed E-state index contributed by atoms with van der Waals surface area (Å²) in [4.78, 5) is 23.3. The van der Waals surface area contributed by atoms with E-state index in [9.17, 15) is 9.18 Å². The minimum Gasteiger partial charge on any atom is -0.473 e. The first-order valence-corrected chi connectivity index (χ1v) is 13.4. The smallest absolute Gasteiger partial charge is 0.214 e. The van der Waals surface area contributed by atoms with Crippen LogP contribution in [0, 0.1) is 5.82 Å². The van der Waals surface area contributed by atoms with Gasteiger partial charge in [0.15, 0.2) is 0 Å². The number of benzene rings is 2. The van der Waals surface area contributed by atoms with Gasteiger partial charge in [-0.3, -0.25) is 9.69 Å². The number of imidazole rings is 1. The van der Waals surface area contributed by atoms with Crippen LogP contribution in [-0.4, -0.2) is 51.5 Å². The molecule has 4 heterocycles. The Labute approximate surface area is 230 Å². The van der Waals surface area contributed by atoms with Crippen molar-refractivity contribution in [3.63, 3.8) is 0 Å². The molecule has 39 heavy (non-hydrogen) atoms. The first-order chi connectivity index (χ1) is 19.1. The van der Waals surface area contributed by atoms with Crippen molar-refractivity contribution in [2.75, 3.05) is 19.7 Å². The second kappa shape index (κ2) is 11.3. The van der Waals surface area contributed by atoms with Crippen molar-refractivity contribution < 1.29 is 18.7 Å². The molecule has 0 radical (unpaired) electrons. The van der Waals surface area contributed by atoms with E-state index in [4.69, 9.17) is 26.1 Å². The van der Waals surface area contributed by atoms with Gasteiger partial charge in [-0.15, -0.1) is 0 Å². The number of nitrogens with zero attached hydrogens (tertiary/aromatic N) is 4. The SMILES string of the molecule is O=Cc1ccc2nc(CN3CC=C(c4cccc(OCc5ccc(Cl)cc5F)n4)CC3)n(CC3CCO3)c2c1. The number of pyridine rings is 1. The van der Waals surface area contributed by atoms with Crippen LogP contribution in [0.5, 0.6) is 5.88 Å². The molecule has 0 N–H and O–H groups in total. The Morgan fingerprint density at radius 1 is 1.15 bits per heavy atom. The Bertz CT molecular complexity index is 1550. The number of hydrogen-bond acceptors (Lipinski definition) is 6. The van der Waals surface area contributed by atoms with E-state index < -0.39 is 5.82 Å². The monoisotopic (exact) mass is 546 g/mol. The number of aldehydes is 1. The maximum Gasteiger partial charge on any atom is 0.214 e. The Morgan fingerprint density at radius 2 is 2.05 bits per heavy atom. The van der Waals surface area contributed by atoms with Crippen LogP contribution in [0.3, 0.4) is 0 Å². The lowest BCUT2D eigenvalue weighted by Gasteiger charge is -2.29. The normalized spacial score (nSPS) is 17.6. The number of aromatic nitrogens is 3. The van der Waals surface area contributed by atoms with Crippen molar-refractivity contribution in [3.05, 3.63) is 94.2 Å². The molecule has 2 aliphatic rings. The van der Waals surface area contributed by atoms with E-state index in [1.54, 1.807) is 18.2 Å². The largest absolute Gasteiger partial charge is 0.473 e. The molecular formula is C30H28ClFN4O3. The van der Waals surface area contributed by atoms with E-state index in [0.717, 1.165) is 73.5 Å². The number of hydrogen-bond donors (Lipinski definition) is 0. The summed E-state index contributed by atoms with van der Waals surface area (Å²) in [7, 11) is 0. The Morgan fingerprint density at radius 3 is 2.79 bits per heavy atom. The highest BCUT2D eigenvalue weighted by Crippen LogP contribution is 2.26. The van der Waals surface area contributed by atoms with Gasteiger partial charge in [0.2, 0.25) is 5.88 Å². The molecule has 200 valence electrons. The van der Waals surface area contributed by atoms with Gasteiger partial charge in [0, 0.05) is 41.9 Å². The fourth-order valence-electron chi connectivity index (χ4n) is 4.97. The fraction of sp³-hybridized carbons (Fsp3) is 0.300. The summed E-state index contributed by atoms with van der Waals surface area (Å²) >= 11 is 5.84. The molecule has 1 fully saturated rings. The third-order valence-electron chi connectivity index (χ3n) is 7.27. The second-order valence-electron chi connectivity index (χ2n) is 9.89. The standard InChI is InChI=1S/C30H28ClFN4O3/c31-23-6-5-22(25(32)15-23)19-39-30-3-1-2-26(34-30)21-8-11-35(12-9-21)17-29-33-27-7-4-20(18-37)14-28(27)36(29)16-24-10-13-38-24/h1-8,14-15,18,24H,9-13,16-17,19H2. The van der Waals surface area contributed by atoms with Crippen LogP contribution in [0.1, 0.15) is 40.3 Å². The number of carbonyl (C=O) groups excluding carboxylic acids is 1. The topological polar surface area (TPSA) is 69.5 Å². The molecule has 4 aromatic rings. The molecular weight excluding hydrogens is 519 g/mol. The predicted molar refractivity (Wildman–Crippen MR) is 147 cm³/mol. The lowest BCUT2D eigenvalue weighted by molar-refractivity contribution is -0.0591. The summed E-state index contributed by atoms with van der Waals surface area (Å²) in [5.41, 5.74) is 4.95. The minimum atomic E-state index is -0.397. The van der Waals surface area contributed by atoms with Crippen LogP contribution in [0.2, 0.25) is 5.02 Å². The highest BCUT2D eigenvalue weighted by Gasteiger charge is 2.23. The molecule has 1 saturated heterocycles. The molecule has 0 amide bonds. The molecule has 2 aromatic heterocycles. The highest BCUT2D eigenvalue weighted by atomic mass is 35.5. The number of carbonyl (C=O) groups is 1. The molecule has 9 heteroatoms. The number of ether oxygens (including phenoxy) is 2. The van der Waals surface area contributed by atoms with Crippen LogP contribution < -0.4 is 4.74 Å². The minimum absolute atomic E-state index is 0.0769. The van der Waals surface area contributed by atoms with Crippen LogP contribution in [0.4, 0.5) is 4.39 Å². The van der Waals surface area contributed by atoms with E-state index in [2.05, 4.69) is 20.5 Å². The van der Waals surface area contributed by atoms with Gasteiger partial charge < -0.3 is 14.0 Å². The predicted octanol–water partition coefficient (Wildman–Crippen LogP) is 5.69. The molecule has 1 atom stereocenters. The molecule has 0 bridgehead atoms. The van der Waals surface area contributed by atoms with Gasteiger partial charge in [-0.2, -0.15) is 0 Å². The number of halogens is 2. The van der Waals surface area contributed by atoms with E-state index in [1.165, 1.54) is 6.07 Å². The van der Waals surface area contributed by atoms with Gasteiger partial charge in [-0.25, -0.2) is 14.4 Å². The molecule has 0 spiro atoms. The molecule has 1 unspecified atom stereocenters. The Balaban J connectivity index is 1.14. The van der Waals surface area contributed by atoms with Crippen molar-refractivity contribution in [1.29, 1.82) is 0 Å². The molecule has 2 aromatic carbocycles. The molecule has 0 aliphatic carbocycles. The van der Waals surface area contributed by atoms with Crippen LogP contribution >= 0.6 is 11.6 Å². The van der Waals surface area contributed by atoms with Gasteiger partial charge in [0.05, 0.1) is 35.9 Å². The maximum absolute atomic E-state index is 14.1. The summed E-state index contributed by atoms with van der Waals surface area (Å²) in [6, 6.07) is 15.8. The zero-order valence-electron chi connectivity index (χ0n) is 21.4.